The molecule has 5 nitrogen and oxygen atoms in total. The van der Waals surface area contributed by atoms with Crippen molar-refractivity contribution >= 4 is 11.6 Å². The lowest BCUT2D eigenvalue weighted by atomic mass is 10.2. The van der Waals surface area contributed by atoms with Crippen molar-refractivity contribution in [2.75, 3.05) is 6.54 Å². The van der Waals surface area contributed by atoms with Crippen molar-refractivity contribution in [3.8, 4) is 11.4 Å². The Labute approximate surface area is 115 Å². The molecule has 0 fully saturated rings. The summed E-state index contributed by atoms with van der Waals surface area (Å²) < 4.78 is 1.75. The van der Waals surface area contributed by atoms with E-state index in [0.29, 0.717) is 17.4 Å². The van der Waals surface area contributed by atoms with E-state index in [4.69, 9.17) is 11.6 Å². The summed E-state index contributed by atoms with van der Waals surface area (Å²) >= 11 is 6.18. The first-order valence-corrected chi connectivity index (χ1v) is 6.32. The Morgan fingerprint density at radius 1 is 1.32 bits per heavy atom. The summed E-state index contributed by atoms with van der Waals surface area (Å²) in [6.45, 7) is 1.46. The van der Waals surface area contributed by atoms with Gasteiger partial charge in [0.2, 0.25) is 0 Å². The van der Waals surface area contributed by atoms with Gasteiger partial charge in [0, 0.05) is 12.1 Å². The van der Waals surface area contributed by atoms with E-state index in [1.807, 2.05) is 36.5 Å². The predicted molar refractivity (Wildman–Crippen MR) is 73.5 cm³/mol. The van der Waals surface area contributed by atoms with Crippen LogP contribution in [-0.4, -0.2) is 26.8 Å². The predicted octanol–water partition coefficient (Wildman–Crippen LogP) is 2.04. The van der Waals surface area contributed by atoms with Crippen molar-refractivity contribution in [1.29, 1.82) is 0 Å². The number of halogens is 1. The molecule has 0 atom stereocenters. The number of dihydropyridines is 1. The van der Waals surface area contributed by atoms with Crippen LogP contribution in [0.15, 0.2) is 48.2 Å². The average Bonchev–Trinajstić information content (AvgIpc) is 2.88. The highest BCUT2D eigenvalue weighted by molar-refractivity contribution is 6.33. The highest BCUT2D eigenvalue weighted by Crippen LogP contribution is 2.25. The molecule has 1 aliphatic heterocycles. The minimum Gasteiger partial charge on any atom is -0.387 e. The van der Waals surface area contributed by atoms with Gasteiger partial charge in [-0.2, -0.15) is 0 Å². The number of benzene rings is 1. The number of hydrogen-bond acceptors (Lipinski definition) is 4. The molecule has 96 valence electrons. The van der Waals surface area contributed by atoms with Crippen LogP contribution in [0.2, 0.25) is 5.02 Å². The zero-order valence-corrected chi connectivity index (χ0v) is 10.9. The molecule has 0 amide bonds. The zero-order valence-electron chi connectivity index (χ0n) is 10.1. The molecule has 2 aromatic rings. The molecule has 0 aliphatic carbocycles. The van der Waals surface area contributed by atoms with Gasteiger partial charge in [-0.25, -0.2) is 4.68 Å². The number of hydrogen-bond donors (Lipinski definition) is 1. The fourth-order valence-corrected chi connectivity index (χ4v) is 2.15. The molecular weight excluding hydrogens is 262 g/mol. The number of nitrogens with zero attached hydrogens (tertiary/aromatic N) is 4. The van der Waals surface area contributed by atoms with E-state index in [9.17, 15) is 0 Å². The fourth-order valence-electron chi connectivity index (χ4n) is 1.93. The molecule has 0 saturated carbocycles. The molecule has 6 heteroatoms. The lowest BCUT2D eigenvalue weighted by Crippen LogP contribution is -2.12. The minimum absolute atomic E-state index is 0.631. The molecule has 1 N–H and O–H groups in total. The number of allylic oxidation sites excluding steroid dienone is 2. The van der Waals surface area contributed by atoms with E-state index in [0.717, 1.165) is 12.1 Å². The Kier molecular flexibility index (Phi) is 3.29. The maximum atomic E-state index is 6.18. The Balaban J connectivity index is 1.93. The topological polar surface area (TPSA) is 55.6 Å². The Morgan fingerprint density at radius 2 is 2.21 bits per heavy atom. The third kappa shape index (κ3) is 2.51. The maximum Gasteiger partial charge on any atom is 0.183 e. The number of rotatable bonds is 3. The first-order valence-electron chi connectivity index (χ1n) is 5.94. The summed E-state index contributed by atoms with van der Waals surface area (Å²) in [4.78, 5) is 0. The van der Waals surface area contributed by atoms with Crippen LogP contribution in [0.5, 0.6) is 0 Å². The monoisotopic (exact) mass is 273 g/mol. The molecule has 0 unspecified atom stereocenters. The third-order valence-corrected chi connectivity index (χ3v) is 3.21. The van der Waals surface area contributed by atoms with E-state index < -0.39 is 0 Å². The van der Waals surface area contributed by atoms with Crippen LogP contribution in [0.3, 0.4) is 0 Å². The molecule has 1 aliphatic rings. The van der Waals surface area contributed by atoms with Crippen LogP contribution in [0.25, 0.3) is 11.4 Å². The van der Waals surface area contributed by atoms with Gasteiger partial charge in [0.15, 0.2) is 5.82 Å². The van der Waals surface area contributed by atoms with Gasteiger partial charge in [0.1, 0.15) is 0 Å². The Morgan fingerprint density at radius 3 is 3.00 bits per heavy atom. The maximum absolute atomic E-state index is 6.18. The lowest BCUT2D eigenvalue weighted by Gasteiger charge is -2.10. The zero-order chi connectivity index (χ0) is 13.1. The summed E-state index contributed by atoms with van der Waals surface area (Å²) in [7, 11) is 0. The number of aromatic nitrogens is 4. The van der Waals surface area contributed by atoms with Gasteiger partial charge in [-0.3, -0.25) is 0 Å². The second kappa shape index (κ2) is 5.24. The average molecular weight is 274 g/mol. The van der Waals surface area contributed by atoms with Crippen LogP contribution in [0, 0.1) is 0 Å². The van der Waals surface area contributed by atoms with Crippen molar-refractivity contribution in [2.24, 2.45) is 0 Å². The molecule has 0 bridgehead atoms. The van der Waals surface area contributed by atoms with Gasteiger partial charge >= 0.3 is 0 Å². The smallest absolute Gasteiger partial charge is 0.183 e. The molecule has 1 aromatic heterocycles. The summed E-state index contributed by atoms with van der Waals surface area (Å²) in [5.41, 5.74) is 2.01. The van der Waals surface area contributed by atoms with Gasteiger partial charge in [0.05, 0.1) is 11.6 Å². The largest absolute Gasteiger partial charge is 0.387 e. The molecule has 19 heavy (non-hydrogen) atoms. The second-order valence-electron chi connectivity index (χ2n) is 4.16. The first-order chi connectivity index (χ1) is 9.34. The standard InChI is InChI=1S/C13H12ClN5/c14-12-4-2-1-3-11(12)13-16-17-18-19(13)9-10-5-7-15-8-6-10/h1-7,15H,8-9H2. The SMILES string of the molecule is Clc1ccccc1-c1nnnn1CC1=CCNC=C1. The summed E-state index contributed by atoms with van der Waals surface area (Å²) in [5, 5.41) is 15.6. The minimum atomic E-state index is 0.631. The lowest BCUT2D eigenvalue weighted by molar-refractivity contribution is 0.649. The quantitative estimate of drug-likeness (QED) is 0.930. The highest BCUT2D eigenvalue weighted by Gasteiger charge is 2.12. The van der Waals surface area contributed by atoms with E-state index in [1.165, 1.54) is 5.57 Å². The van der Waals surface area contributed by atoms with Gasteiger partial charge in [-0.15, -0.1) is 5.10 Å². The highest BCUT2D eigenvalue weighted by atomic mass is 35.5. The van der Waals surface area contributed by atoms with Crippen LogP contribution in [0.4, 0.5) is 0 Å². The van der Waals surface area contributed by atoms with Gasteiger partial charge in [-0.05, 0) is 40.4 Å². The molecular formula is C13H12ClN5. The van der Waals surface area contributed by atoms with E-state index >= 15 is 0 Å². The van der Waals surface area contributed by atoms with Crippen molar-refractivity contribution in [2.45, 2.75) is 6.54 Å². The third-order valence-electron chi connectivity index (χ3n) is 2.88. The molecule has 0 saturated heterocycles. The molecule has 1 aromatic carbocycles. The van der Waals surface area contributed by atoms with E-state index in [2.05, 4.69) is 26.9 Å². The summed E-state index contributed by atoms with van der Waals surface area (Å²) in [6, 6.07) is 7.55. The molecule has 0 spiro atoms. The van der Waals surface area contributed by atoms with Crippen LogP contribution < -0.4 is 5.32 Å². The Bertz CT molecular complexity index is 644. The van der Waals surface area contributed by atoms with Gasteiger partial charge in [0.25, 0.3) is 0 Å². The summed E-state index contributed by atoms with van der Waals surface area (Å²) in [6.07, 6.45) is 6.05. The molecule has 2 heterocycles. The number of tetrazole rings is 1. The van der Waals surface area contributed by atoms with Gasteiger partial charge in [-0.1, -0.05) is 29.8 Å². The molecule has 0 radical (unpaired) electrons. The van der Waals surface area contributed by atoms with Crippen LogP contribution >= 0.6 is 11.6 Å². The van der Waals surface area contributed by atoms with E-state index in [1.54, 1.807) is 4.68 Å². The number of nitrogens with one attached hydrogen (secondary N) is 1. The van der Waals surface area contributed by atoms with Crippen LogP contribution in [0.1, 0.15) is 0 Å². The Hall–Kier alpha value is -2.14. The molecule has 3 rings (SSSR count). The first kappa shape index (κ1) is 11.9. The second-order valence-corrected chi connectivity index (χ2v) is 4.57. The normalized spacial score (nSPS) is 14.1. The van der Waals surface area contributed by atoms with Crippen molar-refractivity contribution in [1.82, 2.24) is 25.5 Å². The van der Waals surface area contributed by atoms with Gasteiger partial charge < -0.3 is 5.32 Å². The fraction of sp³-hybridized carbons (Fsp3) is 0.154. The van der Waals surface area contributed by atoms with E-state index in [-0.39, 0.29) is 0 Å². The van der Waals surface area contributed by atoms with Crippen molar-refractivity contribution in [3.63, 3.8) is 0 Å². The van der Waals surface area contributed by atoms with Crippen molar-refractivity contribution in [3.05, 3.63) is 53.2 Å². The van der Waals surface area contributed by atoms with Crippen molar-refractivity contribution < 1.29 is 0 Å². The summed E-state index contributed by atoms with van der Waals surface area (Å²) in [5.74, 6) is 0.679. The van der Waals surface area contributed by atoms with Crippen LogP contribution in [-0.2, 0) is 6.54 Å².